The van der Waals surface area contributed by atoms with Gasteiger partial charge in [-0.3, -0.25) is 4.79 Å². The fraction of sp³-hybridized carbons (Fsp3) is 0.364. The normalized spacial score (nSPS) is 10.7. The lowest BCUT2D eigenvalue weighted by Gasteiger charge is -2.02. The van der Waals surface area contributed by atoms with Crippen LogP contribution in [-0.4, -0.2) is 27.2 Å². The van der Waals surface area contributed by atoms with Gasteiger partial charge >= 0.3 is 5.97 Å². The molecule has 0 unspecified atom stereocenters. The highest BCUT2D eigenvalue weighted by atomic mass is 16.5. The van der Waals surface area contributed by atoms with Crippen molar-refractivity contribution in [3.8, 4) is 0 Å². The lowest BCUT2D eigenvalue weighted by molar-refractivity contribution is 0.0528. The molecule has 2 aromatic heterocycles. The number of aryl methyl sites for hydroxylation is 1. The lowest BCUT2D eigenvalue weighted by Crippen LogP contribution is -2.13. The van der Waals surface area contributed by atoms with Crippen molar-refractivity contribution in [1.29, 1.82) is 0 Å². The van der Waals surface area contributed by atoms with Gasteiger partial charge in [0.15, 0.2) is 5.65 Å². The van der Waals surface area contributed by atoms with Crippen LogP contribution in [0, 0.1) is 0 Å². The number of H-pyrrole nitrogens is 1. The fourth-order valence-electron chi connectivity index (χ4n) is 1.66. The Morgan fingerprint density at radius 1 is 1.53 bits per heavy atom. The number of carbonyl (C=O) groups excluding carboxylic acids is 1. The SMILES string of the molecule is CCOC(=O)c1cnn2c(CC)cc(=O)[nH]c12. The van der Waals surface area contributed by atoms with Gasteiger partial charge in [-0.05, 0) is 13.3 Å². The molecule has 6 nitrogen and oxygen atoms in total. The molecule has 90 valence electrons. The summed E-state index contributed by atoms with van der Waals surface area (Å²) in [7, 11) is 0. The van der Waals surface area contributed by atoms with Gasteiger partial charge in [-0.15, -0.1) is 0 Å². The molecular formula is C11H13N3O3. The number of nitrogens with one attached hydrogen (secondary N) is 1. The number of carbonyl (C=O) groups is 1. The Kier molecular flexibility index (Phi) is 2.95. The molecule has 0 aliphatic carbocycles. The van der Waals surface area contributed by atoms with E-state index in [0.29, 0.717) is 12.1 Å². The second kappa shape index (κ2) is 4.40. The van der Waals surface area contributed by atoms with Crippen LogP contribution in [-0.2, 0) is 11.2 Å². The zero-order valence-corrected chi connectivity index (χ0v) is 9.69. The molecule has 0 amide bonds. The minimum absolute atomic E-state index is 0.250. The third-order valence-corrected chi connectivity index (χ3v) is 2.44. The van der Waals surface area contributed by atoms with E-state index in [2.05, 4.69) is 10.1 Å². The van der Waals surface area contributed by atoms with Crippen LogP contribution in [0.3, 0.4) is 0 Å². The number of nitrogens with zero attached hydrogens (tertiary/aromatic N) is 2. The minimum atomic E-state index is -0.480. The molecule has 0 spiro atoms. The summed E-state index contributed by atoms with van der Waals surface area (Å²) in [6.45, 7) is 3.93. The van der Waals surface area contributed by atoms with Crippen molar-refractivity contribution in [3.63, 3.8) is 0 Å². The number of esters is 1. The predicted octanol–water partition coefficient (Wildman–Crippen LogP) is 0.762. The topological polar surface area (TPSA) is 76.5 Å². The summed E-state index contributed by atoms with van der Waals surface area (Å²) in [5, 5.41) is 4.08. The first-order valence-electron chi connectivity index (χ1n) is 5.44. The molecule has 0 atom stereocenters. The average Bonchev–Trinajstić information content (AvgIpc) is 2.71. The summed E-state index contributed by atoms with van der Waals surface area (Å²) in [5.41, 5.74) is 1.16. The maximum absolute atomic E-state index is 11.6. The average molecular weight is 235 g/mol. The summed E-state index contributed by atoms with van der Waals surface area (Å²) in [5.74, 6) is -0.480. The Balaban J connectivity index is 2.64. The Morgan fingerprint density at radius 3 is 2.94 bits per heavy atom. The first kappa shape index (κ1) is 11.4. The van der Waals surface area contributed by atoms with E-state index in [1.54, 1.807) is 11.4 Å². The van der Waals surface area contributed by atoms with Gasteiger partial charge < -0.3 is 9.72 Å². The van der Waals surface area contributed by atoms with Crippen molar-refractivity contribution in [1.82, 2.24) is 14.6 Å². The molecule has 0 bridgehead atoms. The first-order chi connectivity index (χ1) is 8.17. The Labute approximate surface area is 97.2 Å². The quantitative estimate of drug-likeness (QED) is 0.797. The number of rotatable bonds is 3. The summed E-state index contributed by atoms with van der Waals surface area (Å²) >= 11 is 0. The largest absolute Gasteiger partial charge is 0.462 e. The van der Waals surface area contributed by atoms with Crippen molar-refractivity contribution in [2.24, 2.45) is 0 Å². The second-order valence-corrected chi connectivity index (χ2v) is 3.52. The van der Waals surface area contributed by atoms with Gasteiger partial charge in [0.25, 0.3) is 5.56 Å². The smallest absolute Gasteiger partial charge is 0.343 e. The van der Waals surface area contributed by atoms with E-state index < -0.39 is 5.97 Å². The van der Waals surface area contributed by atoms with Crippen LogP contribution in [0.4, 0.5) is 0 Å². The van der Waals surface area contributed by atoms with Gasteiger partial charge in [-0.25, -0.2) is 9.31 Å². The summed E-state index contributed by atoms with van der Waals surface area (Å²) in [4.78, 5) is 25.7. The maximum Gasteiger partial charge on any atom is 0.343 e. The van der Waals surface area contributed by atoms with Crippen molar-refractivity contribution in [2.45, 2.75) is 20.3 Å². The van der Waals surface area contributed by atoms with Crippen molar-refractivity contribution in [2.75, 3.05) is 6.61 Å². The van der Waals surface area contributed by atoms with E-state index >= 15 is 0 Å². The van der Waals surface area contributed by atoms with Gasteiger partial charge in [0.2, 0.25) is 0 Å². The molecule has 6 heteroatoms. The van der Waals surface area contributed by atoms with Crippen LogP contribution >= 0.6 is 0 Å². The number of hydrogen-bond acceptors (Lipinski definition) is 4. The molecule has 0 saturated carbocycles. The van der Waals surface area contributed by atoms with E-state index in [4.69, 9.17) is 4.74 Å². The molecule has 0 aliphatic heterocycles. The number of ether oxygens (including phenoxy) is 1. The summed E-state index contributed by atoms with van der Waals surface area (Å²) in [6.07, 6.45) is 2.06. The van der Waals surface area contributed by atoms with E-state index in [1.165, 1.54) is 12.3 Å². The second-order valence-electron chi connectivity index (χ2n) is 3.52. The van der Waals surface area contributed by atoms with Gasteiger partial charge in [-0.1, -0.05) is 6.92 Å². The third kappa shape index (κ3) is 1.93. The maximum atomic E-state index is 11.6. The van der Waals surface area contributed by atoms with E-state index in [-0.39, 0.29) is 17.7 Å². The van der Waals surface area contributed by atoms with Crippen LogP contribution in [0.2, 0.25) is 0 Å². The standard InChI is InChI=1S/C11H13N3O3/c1-3-7-5-9(15)13-10-8(6-12-14(7)10)11(16)17-4-2/h5-6H,3-4H2,1-2H3,(H,13,15). The lowest BCUT2D eigenvalue weighted by atomic mass is 10.3. The van der Waals surface area contributed by atoms with E-state index in [0.717, 1.165) is 5.69 Å². The number of aromatic amines is 1. The summed E-state index contributed by atoms with van der Waals surface area (Å²) < 4.78 is 6.44. The molecule has 2 aromatic rings. The third-order valence-electron chi connectivity index (χ3n) is 2.44. The Bertz CT molecular complexity index is 612. The Morgan fingerprint density at radius 2 is 2.29 bits per heavy atom. The zero-order valence-electron chi connectivity index (χ0n) is 9.69. The molecule has 0 radical (unpaired) electrons. The van der Waals surface area contributed by atoms with Gasteiger partial charge in [-0.2, -0.15) is 5.10 Å². The van der Waals surface area contributed by atoms with Gasteiger partial charge in [0.05, 0.1) is 12.8 Å². The molecule has 0 aliphatic rings. The van der Waals surface area contributed by atoms with Gasteiger partial charge in [0.1, 0.15) is 5.56 Å². The molecular weight excluding hydrogens is 222 g/mol. The number of aromatic nitrogens is 3. The fourth-order valence-corrected chi connectivity index (χ4v) is 1.66. The molecule has 0 saturated heterocycles. The first-order valence-corrected chi connectivity index (χ1v) is 5.44. The molecule has 2 rings (SSSR count). The van der Waals surface area contributed by atoms with Gasteiger partial charge in [0, 0.05) is 11.8 Å². The number of fused-ring (bicyclic) bond motifs is 1. The molecule has 0 fully saturated rings. The minimum Gasteiger partial charge on any atom is -0.462 e. The number of hydrogen-bond donors (Lipinski definition) is 1. The highest BCUT2D eigenvalue weighted by Gasteiger charge is 2.15. The van der Waals surface area contributed by atoms with Crippen LogP contribution in [0.1, 0.15) is 29.9 Å². The predicted molar refractivity (Wildman–Crippen MR) is 61.1 cm³/mol. The van der Waals surface area contributed by atoms with E-state index in [9.17, 15) is 9.59 Å². The van der Waals surface area contributed by atoms with Crippen molar-refractivity contribution >= 4 is 11.6 Å². The zero-order chi connectivity index (χ0) is 12.4. The molecule has 2 heterocycles. The van der Waals surface area contributed by atoms with Crippen molar-refractivity contribution < 1.29 is 9.53 Å². The van der Waals surface area contributed by atoms with E-state index in [1.807, 2.05) is 6.92 Å². The molecule has 1 N–H and O–H groups in total. The molecule has 0 aromatic carbocycles. The van der Waals surface area contributed by atoms with Crippen LogP contribution in [0.15, 0.2) is 17.1 Å². The Hall–Kier alpha value is -2.11. The van der Waals surface area contributed by atoms with Crippen LogP contribution in [0.5, 0.6) is 0 Å². The molecule has 17 heavy (non-hydrogen) atoms. The van der Waals surface area contributed by atoms with Crippen LogP contribution < -0.4 is 5.56 Å². The van der Waals surface area contributed by atoms with Crippen molar-refractivity contribution in [3.05, 3.63) is 33.9 Å². The van der Waals surface area contributed by atoms with Crippen LogP contribution in [0.25, 0.3) is 5.65 Å². The monoisotopic (exact) mass is 235 g/mol. The summed E-state index contributed by atoms with van der Waals surface area (Å²) in [6, 6.07) is 1.47. The highest BCUT2D eigenvalue weighted by molar-refractivity contribution is 5.95. The highest BCUT2D eigenvalue weighted by Crippen LogP contribution is 2.10.